The Bertz CT molecular complexity index is 459. The molecule has 0 aromatic heterocycles. The SMILES string of the molecule is O=C(O)C1(c2cc(F)c(Cl)c(F)c2)CCCCC1. The number of benzene rings is 1. The van der Waals surface area contributed by atoms with Crippen LogP contribution in [0.1, 0.15) is 37.7 Å². The standard InChI is InChI=1S/C13H13ClF2O2/c14-11-9(15)6-8(7-10(11)16)13(12(17)18)4-2-1-3-5-13/h6-7H,1-5H2,(H,17,18). The molecule has 2 rings (SSSR count). The number of carbonyl (C=O) groups is 1. The van der Waals surface area contributed by atoms with E-state index < -0.39 is 28.0 Å². The summed E-state index contributed by atoms with van der Waals surface area (Å²) < 4.78 is 26.9. The maximum atomic E-state index is 13.5. The molecule has 1 aliphatic rings. The predicted molar refractivity (Wildman–Crippen MR) is 63.8 cm³/mol. The number of hydrogen-bond donors (Lipinski definition) is 1. The summed E-state index contributed by atoms with van der Waals surface area (Å²) in [7, 11) is 0. The lowest BCUT2D eigenvalue weighted by Crippen LogP contribution is -2.38. The van der Waals surface area contributed by atoms with Crippen LogP contribution in [0.4, 0.5) is 8.78 Å². The van der Waals surface area contributed by atoms with Crippen molar-refractivity contribution in [2.24, 2.45) is 0 Å². The molecular weight excluding hydrogens is 262 g/mol. The van der Waals surface area contributed by atoms with Gasteiger partial charge in [-0.3, -0.25) is 4.79 Å². The van der Waals surface area contributed by atoms with Gasteiger partial charge in [-0.2, -0.15) is 0 Å². The van der Waals surface area contributed by atoms with Crippen LogP contribution in [0, 0.1) is 11.6 Å². The van der Waals surface area contributed by atoms with Crippen LogP contribution in [0.3, 0.4) is 0 Å². The molecule has 2 nitrogen and oxygen atoms in total. The summed E-state index contributed by atoms with van der Waals surface area (Å²) in [6, 6.07) is 2.09. The maximum absolute atomic E-state index is 13.5. The van der Waals surface area contributed by atoms with Crippen LogP contribution in [-0.4, -0.2) is 11.1 Å². The van der Waals surface area contributed by atoms with Crippen LogP contribution in [0.25, 0.3) is 0 Å². The van der Waals surface area contributed by atoms with Crippen LogP contribution >= 0.6 is 11.6 Å². The molecule has 98 valence electrons. The largest absolute Gasteiger partial charge is 0.481 e. The van der Waals surface area contributed by atoms with E-state index in [4.69, 9.17) is 11.6 Å². The molecule has 0 unspecified atom stereocenters. The van der Waals surface area contributed by atoms with Crippen molar-refractivity contribution in [1.29, 1.82) is 0 Å². The lowest BCUT2D eigenvalue weighted by atomic mass is 9.69. The number of aliphatic carboxylic acids is 1. The van der Waals surface area contributed by atoms with E-state index in [9.17, 15) is 18.7 Å². The summed E-state index contributed by atoms with van der Waals surface area (Å²) in [5, 5.41) is 8.83. The fourth-order valence-corrected chi connectivity index (χ4v) is 2.72. The highest BCUT2D eigenvalue weighted by Gasteiger charge is 2.42. The van der Waals surface area contributed by atoms with Crippen LogP contribution in [0.5, 0.6) is 0 Å². The highest BCUT2D eigenvalue weighted by molar-refractivity contribution is 6.30. The van der Waals surface area contributed by atoms with E-state index in [0.717, 1.165) is 31.4 Å². The Kier molecular flexibility index (Phi) is 3.57. The molecule has 0 heterocycles. The smallest absolute Gasteiger partial charge is 0.314 e. The molecule has 1 aliphatic carbocycles. The Morgan fingerprint density at radius 3 is 2.11 bits per heavy atom. The number of rotatable bonds is 2. The van der Waals surface area contributed by atoms with Crippen molar-refractivity contribution in [3.05, 3.63) is 34.4 Å². The molecule has 1 aromatic rings. The summed E-state index contributed by atoms with van der Waals surface area (Å²) in [6.07, 6.45) is 3.26. The van der Waals surface area contributed by atoms with Crippen molar-refractivity contribution in [2.75, 3.05) is 0 Å². The second-order valence-electron chi connectivity index (χ2n) is 4.70. The first-order valence-corrected chi connectivity index (χ1v) is 6.23. The Morgan fingerprint density at radius 2 is 1.67 bits per heavy atom. The van der Waals surface area contributed by atoms with E-state index in [-0.39, 0.29) is 5.56 Å². The average Bonchev–Trinajstić information content (AvgIpc) is 2.36. The molecule has 0 radical (unpaired) electrons. The van der Waals surface area contributed by atoms with Crippen molar-refractivity contribution in [2.45, 2.75) is 37.5 Å². The van der Waals surface area contributed by atoms with Crippen molar-refractivity contribution < 1.29 is 18.7 Å². The minimum atomic E-state index is -1.18. The van der Waals surface area contributed by atoms with Gasteiger partial charge in [-0.25, -0.2) is 8.78 Å². The summed E-state index contributed by atoms with van der Waals surface area (Å²) >= 11 is 5.42. The molecule has 0 atom stereocenters. The van der Waals surface area contributed by atoms with Gasteiger partial charge in [-0.05, 0) is 30.5 Å². The van der Waals surface area contributed by atoms with E-state index in [1.165, 1.54) is 0 Å². The predicted octanol–water partition coefficient (Wildman–Crippen LogP) is 3.90. The summed E-state index contributed by atoms with van der Waals surface area (Å²) in [5.41, 5.74) is -1.00. The lowest BCUT2D eigenvalue weighted by Gasteiger charge is -2.33. The van der Waals surface area contributed by atoms with Gasteiger partial charge in [0.1, 0.15) is 16.7 Å². The summed E-state index contributed by atoms with van der Waals surface area (Å²) in [5.74, 6) is -2.83. The van der Waals surface area contributed by atoms with Gasteiger partial charge < -0.3 is 5.11 Å². The number of halogens is 3. The second kappa shape index (κ2) is 4.84. The van der Waals surface area contributed by atoms with Crippen molar-refractivity contribution in [3.63, 3.8) is 0 Å². The fourth-order valence-electron chi connectivity index (χ4n) is 2.61. The van der Waals surface area contributed by atoms with E-state index in [0.29, 0.717) is 12.8 Å². The molecule has 0 saturated heterocycles. The Balaban J connectivity index is 2.52. The van der Waals surface area contributed by atoms with Gasteiger partial charge in [0, 0.05) is 0 Å². The molecule has 18 heavy (non-hydrogen) atoms. The van der Waals surface area contributed by atoms with Crippen LogP contribution in [0.15, 0.2) is 12.1 Å². The monoisotopic (exact) mass is 274 g/mol. The summed E-state index contributed by atoms with van der Waals surface area (Å²) in [6.45, 7) is 0. The quantitative estimate of drug-likeness (QED) is 0.831. The van der Waals surface area contributed by atoms with Gasteiger partial charge in [0.05, 0.1) is 5.41 Å². The molecule has 0 amide bonds. The van der Waals surface area contributed by atoms with Crippen molar-refractivity contribution in [3.8, 4) is 0 Å². The van der Waals surface area contributed by atoms with Crippen LogP contribution < -0.4 is 0 Å². The Labute approximate surface area is 109 Å². The van der Waals surface area contributed by atoms with Gasteiger partial charge >= 0.3 is 5.97 Å². The van der Waals surface area contributed by atoms with E-state index in [1.807, 2.05) is 0 Å². The zero-order valence-electron chi connectivity index (χ0n) is 9.68. The highest BCUT2D eigenvalue weighted by atomic mass is 35.5. The zero-order chi connectivity index (χ0) is 13.3. The third kappa shape index (κ3) is 2.09. The van der Waals surface area contributed by atoms with Gasteiger partial charge in [0.25, 0.3) is 0 Å². The third-order valence-electron chi connectivity index (χ3n) is 3.65. The molecule has 0 aliphatic heterocycles. The molecule has 5 heteroatoms. The normalized spacial score (nSPS) is 18.6. The Hall–Kier alpha value is -1.16. The second-order valence-corrected chi connectivity index (χ2v) is 5.08. The van der Waals surface area contributed by atoms with E-state index in [2.05, 4.69) is 0 Å². The molecule has 1 saturated carbocycles. The summed E-state index contributed by atoms with van der Waals surface area (Å²) in [4.78, 5) is 11.5. The van der Waals surface area contributed by atoms with Crippen molar-refractivity contribution >= 4 is 17.6 Å². The average molecular weight is 275 g/mol. The van der Waals surface area contributed by atoms with Crippen molar-refractivity contribution in [1.82, 2.24) is 0 Å². The molecular formula is C13H13ClF2O2. The van der Waals surface area contributed by atoms with E-state index in [1.54, 1.807) is 0 Å². The van der Waals surface area contributed by atoms with Gasteiger partial charge in [0.2, 0.25) is 0 Å². The third-order valence-corrected chi connectivity index (χ3v) is 4.01. The molecule has 1 N–H and O–H groups in total. The van der Waals surface area contributed by atoms with Gasteiger partial charge in [-0.1, -0.05) is 30.9 Å². The lowest BCUT2D eigenvalue weighted by molar-refractivity contribution is -0.145. The minimum Gasteiger partial charge on any atom is -0.481 e. The Morgan fingerprint density at radius 1 is 1.17 bits per heavy atom. The topological polar surface area (TPSA) is 37.3 Å². The number of carboxylic acid groups (broad SMARTS) is 1. The highest BCUT2D eigenvalue weighted by Crippen LogP contribution is 2.41. The van der Waals surface area contributed by atoms with Gasteiger partial charge in [-0.15, -0.1) is 0 Å². The molecule has 1 aromatic carbocycles. The fraction of sp³-hybridized carbons (Fsp3) is 0.462. The minimum absolute atomic E-state index is 0.175. The van der Waals surface area contributed by atoms with Crippen LogP contribution in [0.2, 0.25) is 5.02 Å². The van der Waals surface area contributed by atoms with Gasteiger partial charge in [0.15, 0.2) is 0 Å². The molecule has 0 bridgehead atoms. The first-order valence-electron chi connectivity index (χ1n) is 5.86. The number of hydrogen-bond acceptors (Lipinski definition) is 1. The van der Waals surface area contributed by atoms with Crippen LogP contribution in [-0.2, 0) is 10.2 Å². The molecule has 0 spiro atoms. The first kappa shape index (κ1) is 13.3. The number of carboxylic acids is 1. The zero-order valence-corrected chi connectivity index (χ0v) is 10.4. The van der Waals surface area contributed by atoms with E-state index >= 15 is 0 Å². The maximum Gasteiger partial charge on any atom is 0.314 e. The molecule has 1 fully saturated rings. The first-order chi connectivity index (χ1) is 8.47.